The summed E-state index contributed by atoms with van der Waals surface area (Å²) in [6, 6.07) is 8.89. The maximum absolute atomic E-state index is 11.9. The van der Waals surface area contributed by atoms with Crippen LogP contribution in [0.4, 0.5) is 4.79 Å². The van der Waals surface area contributed by atoms with Gasteiger partial charge in [-0.1, -0.05) is 30.3 Å². The zero-order valence-electron chi connectivity index (χ0n) is 11.6. The Morgan fingerprint density at radius 3 is 2.16 bits per heavy atom. The lowest BCUT2D eigenvalue weighted by Gasteiger charge is -2.25. The van der Waals surface area contributed by atoms with Crippen LogP contribution < -0.4 is 0 Å². The highest BCUT2D eigenvalue weighted by Gasteiger charge is 2.28. The summed E-state index contributed by atoms with van der Waals surface area (Å²) < 4.78 is 29.2. The van der Waals surface area contributed by atoms with E-state index in [0.29, 0.717) is 0 Å². The van der Waals surface area contributed by atoms with Crippen LogP contribution in [0.5, 0.6) is 0 Å². The standard InChI is InChI=1S/C13H19NO4S/c1-13(2,3)18-12(15)14(19(4,16)17)10-11-8-6-5-7-9-11/h5-9H,10H2,1-4H3. The summed E-state index contributed by atoms with van der Waals surface area (Å²) in [4.78, 5) is 11.9. The van der Waals surface area contributed by atoms with E-state index in [1.807, 2.05) is 6.07 Å². The van der Waals surface area contributed by atoms with Crippen molar-refractivity contribution in [3.63, 3.8) is 0 Å². The summed E-state index contributed by atoms with van der Waals surface area (Å²) in [6.07, 6.45) is 0.124. The number of amides is 1. The summed E-state index contributed by atoms with van der Waals surface area (Å²) in [5.41, 5.74) is -0.0183. The van der Waals surface area contributed by atoms with Gasteiger partial charge in [-0.05, 0) is 26.3 Å². The third-order valence-corrected chi connectivity index (χ3v) is 3.25. The van der Waals surface area contributed by atoms with Crippen molar-refractivity contribution in [3.05, 3.63) is 35.9 Å². The van der Waals surface area contributed by atoms with Gasteiger partial charge in [-0.15, -0.1) is 0 Å². The van der Waals surface area contributed by atoms with E-state index in [1.54, 1.807) is 45.0 Å². The molecule has 0 aromatic heterocycles. The Balaban J connectivity index is 2.95. The summed E-state index contributed by atoms with van der Waals surface area (Å²) in [6.45, 7) is 5.03. The molecule has 0 aliphatic carbocycles. The van der Waals surface area contributed by atoms with Crippen LogP contribution >= 0.6 is 0 Å². The lowest BCUT2D eigenvalue weighted by molar-refractivity contribution is 0.0382. The Morgan fingerprint density at radius 1 is 1.21 bits per heavy atom. The van der Waals surface area contributed by atoms with Gasteiger partial charge in [0, 0.05) is 0 Å². The van der Waals surface area contributed by atoms with E-state index in [0.717, 1.165) is 16.1 Å². The van der Waals surface area contributed by atoms with Crippen LogP contribution in [-0.4, -0.2) is 30.7 Å². The first kappa shape index (κ1) is 15.5. The first-order valence-electron chi connectivity index (χ1n) is 5.84. The second-order valence-electron chi connectivity index (χ2n) is 5.24. The molecule has 1 aromatic rings. The van der Waals surface area contributed by atoms with Crippen molar-refractivity contribution in [2.24, 2.45) is 0 Å². The summed E-state index contributed by atoms with van der Waals surface area (Å²) >= 11 is 0. The molecular formula is C13H19NO4S. The monoisotopic (exact) mass is 285 g/mol. The summed E-state index contributed by atoms with van der Waals surface area (Å²) in [5, 5.41) is 0. The fourth-order valence-corrected chi connectivity index (χ4v) is 2.07. The SMILES string of the molecule is CC(C)(C)OC(=O)N(Cc1ccccc1)S(C)(=O)=O. The molecule has 0 spiro atoms. The van der Waals surface area contributed by atoms with Crippen molar-refractivity contribution in [2.45, 2.75) is 32.9 Å². The van der Waals surface area contributed by atoms with E-state index in [4.69, 9.17) is 4.74 Å². The minimum absolute atomic E-state index is 0.0331. The van der Waals surface area contributed by atoms with Crippen molar-refractivity contribution >= 4 is 16.1 Å². The number of hydrogen-bond donors (Lipinski definition) is 0. The predicted octanol–water partition coefficient (Wildman–Crippen LogP) is 2.38. The number of ether oxygens (including phenoxy) is 1. The van der Waals surface area contributed by atoms with E-state index < -0.39 is 21.7 Å². The van der Waals surface area contributed by atoms with Crippen LogP contribution in [0.25, 0.3) is 0 Å². The molecule has 0 saturated heterocycles. The molecule has 6 heteroatoms. The molecule has 0 aliphatic rings. The molecule has 0 fully saturated rings. The molecule has 0 N–H and O–H groups in total. The molecule has 106 valence electrons. The van der Waals surface area contributed by atoms with Crippen LogP contribution in [-0.2, 0) is 21.3 Å². The number of carbonyl (C=O) groups is 1. The highest BCUT2D eigenvalue weighted by Crippen LogP contribution is 2.15. The van der Waals surface area contributed by atoms with Gasteiger partial charge in [-0.3, -0.25) is 0 Å². The number of sulfonamides is 1. The quantitative estimate of drug-likeness (QED) is 0.855. The lowest BCUT2D eigenvalue weighted by Crippen LogP contribution is -2.39. The molecule has 0 bridgehead atoms. The van der Waals surface area contributed by atoms with Gasteiger partial charge in [0.1, 0.15) is 5.60 Å². The molecule has 19 heavy (non-hydrogen) atoms. The molecule has 0 heterocycles. The minimum Gasteiger partial charge on any atom is -0.443 e. The Morgan fingerprint density at radius 2 is 1.74 bits per heavy atom. The molecule has 1 rings (SSSR count). The first-order valence-corrected chi connectivity index (χ1v) is 7.69. The van der Waals surface area contributed by atoms with Gasteiger partial charge < -0.3 is 4.74 Å². The average molecular weight is 285 g/mol. The van der Waals surface area contributed by atoms with Crippen LogP contribution in [0.3, 0.4) is 0 Å². The van der Waals surface area contributed by atoms with Crippen LogP contribution in [0.15, 0.2) is 30.3 Å². The molecular weight excluding hydrogens is 266 g/mol. The maximum Gasteiger partial charge on any atom is 0.424 e. The predicted molar refractivity (Wildman–Crippen MR) is 73.1 cm³/mol. The van der Waals surface area contributed by atoms with Gasteiger partial charge in [0.2, 0.25) is 10.0 Å². The third-order valence-electron chi connectivity index (χ3n) is 2.17. The first-order chi connectivity index (χ1) is 8.59. The van der Waals surface area contributed by atoms with Crippen molar-refractivity contribution in [2.75, 3.05) is 6.26 Å². The van der Waals surface area contributed by atoms with Crippen molar-refractivity contribution in [1.29, 1.82) is 0 Å². The van der Waals surface area contributed by atoms with Gasteiger partial charge in [-0.2, -0.15) is 0 Å². The zero-order chi connectivity index (χ0) is 14.7. The maximum atomic E-state index is 11.9. The molecule has 0 atom stereocenters. The molecule has 0 radical (unpaired) electrons. The van der Waals surface area contributed by atoms with Gasteiger partial charge in [0.15, 0.2) is 0 Å². The zero-order valence-corrected chi connectivity index (χ0v) is 12.4. The molecule has 1 aromatic carbocycles. The van der Waals surface area contributed by atoms with Gasteiger partial charge >= 0.3 is 6.09 Å². The molecule has 0 unspecified atom stereocenters. The van der Waals surface area contributed by atoms with Gasteiger partial charge in [-0.25, -0.2) is 17.5 Å². The molecule has 1 amide bonds. The van der Waals surface area contributed by atoms with Crippen LogP contribution in [0.1, 0.15) is 26.3 Å². The Kier molecular flexibility index (Phi) is 4.57. The largest absolute Gasteiger partial charge is 0.443 e. The molecule has 0 saturated carbocycles. The Labute approximate surface area is 114 Å². The highest BCUT2D eigenvalue weighted by molar-refractivity contribution is 7.88. The summed E-state index contributed by atoms with van der Waals surface area (Å²) in [7, 11) is -3.68. The summed E-state index contributed by atoms with van der Waals surface area (Å²) in [5.74, 6) is 0. The normalized spacial score (nSPS) is 12.0. The second kappa shape index (κ2) is 5.61. The van der Waals surface area contributed by atoms with Gasteiger partial charge in [0.25, 0.3) is 0 Å². The molecule has 5 nitrogen and oxygen atoms in total. The highest BCUT2D eigenvalue weighted by atomic mass is 32.2. The topological polar surface area (TPSA) is 63.7 Å². The van der Waals surface area contributed by atoms with Crippen molar-refractivity contribution in [3.8, 4) is 0 Å². The smallest absolute Gasteiger partial charge is 0.424 e. The van der Waals surface area contributed by atoms with Crippen LogP contribution in [0, 0.1) is 0 Å². The number of carbonyl (C=O) groups excluding carboxylic acids is 1. The molecule has 0 aliphatic heterocycles. The fourth-order valence-electron chi connectivity index (χ4n) is 1.38. The van der Waals surface area contributed by atoms with E-state index in [1.165, 1.54) is 0 Å². The Hall–Kier alpha value is -1.56. The second-order valence-corrected chi connectivity index (χ2v) is 7.14. The lowest BCUT2D eigenvalue weighted by atomic mass is 10.2. The fraction of sp³-hybridized carbons (Fsp3) is 0.462. The average Bonchev–Trinajstić information content (AvgIpc) is 2.23. The van der Waals surface area contributed by atoms with E-state index in [2.05, 4.69) is 0 Å². The van der Waals surface area contributed by atoms with Crippen molar-refractivity contribution in [1.82, 2.24) is 4.31 Å². The minimum atomic E-state index is -3.68. The number of benzene rings is 1. The van der Waals surface area contributed by atoms with Crippen molar-refractivity contribution < 1.29 is 17.9 Å². The van der Waals surface area contributed by atoms with E-state index >= 15 is 0 Å². The third kappa shape index (κ3) is 5.30. The van der Waals surface area contributed by atoms with Crippen LogP contribution in [0.2, 0.25) is 0 Å². The number of rotatable bonds is 3. The van der Waals surface area contributed by atoms with E-state index in [-0.39, 0.29) is 6.54 Å². The van der Waals surface area contributed by atoms with Gasteiger partial charge in [0.05, 0.1) is 12.8 Å². The number of nitrogens with zero attached hydrogens (tertiary/aromatic N) is 1. The van der Waals surface area contributed by atoms with E-state index in [9.17, 15) is 13.2 Å². The Bertz CT molecular complexity index is 532. The number of hydrogen-bond acceptors (Lipinski definition) is 4.